The molecule has 0 radical (unpaired) electrons. The zero-order valence-electron chi connectivity index (χ0n) is 15.2. The maximum Gasteiger partial charge on any atom is 0.241 e. The average molecular weight is 344 g/mol. The minimum Gasteiger partial charge on any atom is -0.347 e. The van der Waals surface area contributed by atoms with Gasteiger partial charge in [-0.15, -0.1) is 0 Å². The highest BCUT2D eigenvalue weighted by Crippen LogP contribution is 2.42. The predicted molar refractivity (Wildman–Crippen MR) is 95.7 cm³/mol. The highest BCUT2D eigenvalue weighted by molar-refractivity contribution is 5.86. The molecule has 1 saturated carbocycles. The third-order valence-electron chi connectivity index (χ3n) is 5.68. The van der Waals surface area contributed by atoms with E-state index < -0.39 is 0 Å². The summed E-state index contributed by atoms with van der Waals surface area (Å²) in [4.78, 5) is 32.2. The van der Waals surface area contributed by atoms with E-state index in [9.17, 15) is 9.59 Å². The molecule has 0 aromatic carbocycles. The first-order valence-corrected chi connectivity index (χ1v) is 9.14. The first kappa shape index (κ1) is 17.9. The molecule has 1 spiro atoms. The molecule has 136 valence electrons. The lowest BCUT2D eigenvalue weighted by atomic mass is 9.77. The summed E-state index contributed by atoms with van der Waals surface area (Å²) in [6.45, 7) is 0.998. The van der Waals surface area contributed by atoms with Crippen molar-refractivity contribution in [2.24, 2.45) is 0 Å². The Balaban J connectivity index is 1.56. The average Bonchev–Trinajstić information content (AvgIpc) is 2.92. The Morgan fingerprint density at radius 2 is 2.08 bits per heavy atom. The summed E-state index contributed by atoms with van der Waals surface area (Å²) in [6.07, 6.45) is 7.29. The van der Waals surface area contributed by atoms with Crippen LogP contribution < -0.4 is 5.32 Å². The van der Waals surface area contributed by atoms with Crippen LogP contribution in [0.1, 0.15) is 44.2 Å². The van der Waals surface area contributed by atoms with E-state index in [1.54, 1.807) is 19.0 Å². The van der Waals surface area contributed by atoms with Crippen LogP contribution in [0.3, 0.4) is 0 Å². The molecule has 1 N–H and O–H groups in total. The Morgan fingerprint density at radius 3 is 2.72 bits per heavy atom. The lowest BCUT2D eigenvalue weighted by Gasteiger charge is -2.44. The van der Waals surface area contributed by atoms with Crippen molar-refractivity contribution in [1.82, 2.24) is 20.1 Å². The van der Waals surface area contributed by atoms with E-state index in [0.717, 1.165) is 44.3 Å². The van der Waals surface area contributed by atoms with Crippen LogP contribution in [0, 0.1) is 0 Å². The van der Waals surface area contributed by atoms with E-state index in [1.807, 2.05) is 29.3 Å². The molecule has 1 saturated heterocycles. The minimum atomic E-state index is -0.105. The number of carbonyl (C=O) groups is 2. The van der Waals surface area contributed by atoms with Crippen molar-refractivity contribution in [2.45, 2.75) is 56.7 Å². The molecule has 3 rings (SSSR count). The van der Waals surface area contributed by atoms with Crippen molar-refractivity contribution in [2.75, 3.05) is 20.6 Å². The van der Waals surface area contributed by atoms with Crippen molar-refractivity contribution in [3.63, 3.8) is 0 Å². The molecule has 6 nitrogen and oxygen atoms in total. The second-order valence-corrected chi connectivity index (χ2v) is 7.47. The highest BCUT2D eigenvalue weighted by atomic mass is 16.2. The zero-order valence-corrected chi connectivity index (χ0v) is 15.2. The number of pyridine rings is 1. The first-order chi connectivity index (χ1) is 12.0. The predicted octanol–water partition coefficient (Wildman–Crippen LogP) is 1.56. The van der Waals surface area contributed by atoms with Gasteiger partial charge in [-0.1, -0.05) is 6.07 Å². The second kappa shape index (κ2) is 7.52. The summed E-state index contributed by atoms with van der Waals surface area (Å²) >= 11 is 0. The third kappa shape index (κ3) is 4.00. The summed E-state index contributed by atoms with van der Waals surface area (Å²) in [6, 6.07) is 6.41. The Labute approximate surface area is 149 Å². The van der Waals surface area contributed by atoms with Gasteiger partial charge < -0.3 is 15.1 Å². The fourth-order valence-corrected chi connectivity index (χ4v) is 4.04. The summed E-state index contributed by atoms with van der Waals surface area (Å²) in [5, 5.41) is 3.59. The SMILES string of the molecule is CN(C)C(=O)CN1C(=O)CCC12CCC(NCc1ccccn1)CC2. The second-order valence-electron chi connectivity index (χ2n) is 7.47. The van der Waals surface area contributed by atoms with Gasteiger partial charge in [-0.05, 0) is 44.2 Å². The van der Waals surface area contributed by atoms with Crippen LogP contribution in [0.15, 0.2) is 24.4 Å². The van der Waals surface area contributed by atoms with Crippen LogP contribution >= 0.6 is 0 Å². The van der Waals surface area contributed by atoms with Gasteiger partial charge in [0.05, 0.1) is 5.69 Å². The van der Waals surface area contributed by atoms with Gasteiger partial charge in [0.2, 0.25) is 11.8 Å². The van der Waals surface area contributed by atoms with E-state index in [-0.39, 0.29) is 23.9 Å². The van der Waals surface area contributed by atoms with Crippen LogP contribution in [0.5, 0.6) is 0 Å². The van der Waals surface area contributed by atoms with Gasteiger partial charge in [-0.25, -0.2) is 0 Å². The first-order valence-electron chi connectivity index (χ1n) is 9.14. The maximum atomic E-state index is 12.3. The molecule has 6 heteroatoms. The largest absolute Gasteiger partial charge is 0.347 e. The van der Waals surface area contributed by atoms with Crippen LogP contribution in [0.25, 0.3) is 0 Å². The molecule has 2 amide bonds. The Kier molecular flexibility index (Phi) is 5.37. The van der Waals surface area contributed by atoms with E-state index in [1.165, 1.54) is 0 Å². The molecule has 2 aliphatic rings. The molecule has 0 bridgehead atoms. The van der Waals surface area contributed by atoms with Gasteiger partial charge in [0.1, 0.15) is 6.54 Å². The number of hydrogen-bond acceptors (Lipinski definition) is 4. The van der Waals surface area contributed by atoms with Gasteiger partial charge in [0.25, 0.3) is 0 Å². The van der Waals surface area contributed by atoms with Gasteiger partial charge in [0, 0.05) is 44.8 Å². The molecule has 0 unspecified atom stereocenters. The Bertz CT molecular complexity index is 609. The van der Waals surface area contributed by atoms with Crippen LogP contribution in [-0.2, 0) is 16.1 Å². The van der Waals surface area contributed by atoms with Crippen molar-refractivity contribution < 1.29 is 9.59 Å². The van der Waals surface area contributed by atoms with Crippen molar-refractivity contribution in [3.05, 3.63) is 30.1 Å². The van der Waals surface area contributed by atoms with Crippen molar-refractivity contribution >= 4 is 11.8 Å². The maximum absolute atomic E-state index is 12.3. The summed E-state index contributed by atoms with van der Waals surface area (Å²) in [5.41, 5.74) is 0.948. The molecule has 1 aliphatic heterocycles. The number of hydrogen-bond donors (Lipinski definition) is 1. The molecular formula is C19H28N4O2. The number of likely N-dealkylation sites (tertiary alicyclic amines) is 1. The van der Waals surface area contributed by atoms with Gasteiger partial charge in [0.15, 0.2) is 0 Å². The third-order valence-corrected chi connectivity index (χ3v) is 5.68. The fraction of sp³-hybridized carbons (Fsp3) is 0.632. The monoisotopic (exact) mass is 344 g/mol. The number of aromatic nitrogens is 1. The van der Waals surface area contributed by atoms with Gasteiger partial charge in [-0.2, -0.15) is 0 Å². The van der Waals surface area contributed by atoms with Gasteiger partial charge in [-0.3, -0.25) is 14.6 Å². The topological polar surface area (TPSA) is 65.5 Å². The molecule has 2 heterocycles. The quantitative estimate of drug-likeness (QED) is 0.880. The number of likely N-dealkylation sites (N-methyl/N-ethyl adjacent to an activating group) is 1. The minimum absolute atomic E-state index is 0.00465. The fourth-order valence-electron chi connectivity index (χ4n) is 4.04. The molecule has 2 fully saturated rings. The number of nitrogens with one attached hydrogen (secondary N) is 1. The van der Waals surface area contributed by atoms with E-state index in [4.69, 9.17) is 0 Å². The summed E-state index contributed by atoms with van der Waals surface area (Å²) < 4.78 is 0. The van der Waals surface area contributed by atoms with E-state index in [0.29, 0.717) is 12.5 Å². The molecule has 1 aromatic heterocycles. The van der Waals surface area contributed by atoms with Crippen LogP contribution in [0.2, 0.25) is 0 Å². The number of rotatable bonds is 5. The molecule has 1 aromatic rings. The van der Waals surface area contributed by atoms with Crippen LogP contribution in [0.4, 0.5) is 0 Å². The van der Waals surface area contributed by atoms with E-state index in [2.05, 4.69) is 10.3 Å². The van der Waals surface area contributed by atoms with E-state index >= 15 is 0 Å². The molecule has 1 aliphatic carbocycles. The molecule has 0 atom stereocenters. The summed E-state index contributed by atoms with van der Waals surface area (Å²) in [5.74, 6) is 0.139. The number of carbonyl (C=O) groups excluding carboxylic acids is 2. The van der Waals surface area contributed by atoms with Crippen molar-refractivity contribution in [1.29, 1.82) is 0 Å². The molecular weight excluding hydrogens is 316 g/mol. The van der Waals surface area contributed by atoms with Crippen LogP contribution in [-0.4, -0.2) is 58.8 Å². The van der Waals surface area contributed by atoms with Gasteiger partial charge >= 0.3 is 0 Å². The Hall–Kier alpha value is -1.95. The lowest BCUT2D eigenvalue weighted by Crippen LogP contribution is -2.53. The lowest BCUT2D eigenvalue weighted by molar-refractivity contribution is -0.141. The number of amides is 2. The summed E-state index contributed by atoms with van der Waals surface area (Å²) in [7, 11) is 3.49. The Morgan fingerprint density at radius 1 is 1.32 bits per heavy atom. The standard InChI is InChI=1S/C19H28N4O2/c1-22(2)18(25)14-23-17(24)8-11-19(23)9-6-15(7-10-19)21-13-16-5-3-4-12-20-16/h3-5,12,15,21H,6-11,13-14H2,1-2H3. The number of nitrogens with zero attached hydrogens (tertiary/aromatic N) is 3. The smallest absolute Gasteiger partial charge is 0.241 e. The normalized spacial score (nSPS) is 26.2. The molecule has 25 heavy (non-hydrogen) atoms. The zero-order chi connectivity index (χ0) is 17.9. The van der Waals surface area contributed by atoms with Crippen molar-refractivity contribution in [3.8, 4) is 0 Å². The highest BCUT2D eigenvalue weighted by Gasteiger charge is 2.47.